The lowest BCUT2D eigenvalue weighted by atomic mass is 10.0. The first-order valence-corrected chi connectivity index (χ1v) is 9.02. The molecule has 0 aromatic heterocycles. The number of amides is 2. The number of rotatable bonds is 4. The number of carbonyl (C=O) groups is 1. The minimum atomic E-state index is -0.535. The number of nitrogens with one attached hydrogen (secondary N) is 2. The second-order valence-electron chi connectivity index (χ2n) is 6.11. The van der Waals surface area contributed by atoms with Gasteiger partial charge in [0.15, 0.2) is 11.5 Å². The molecule has 1 heterocycles. The molecule has 2 N–H and O–H groups in total. The average Bonchev–Trinajstić information content (AvgIpc) is 3.19. The first-order chi connectivity index (χ1) is 14.1. The normalized spacial score (nSPS) is 12.6. The molecule has 2 amide bonds. The summed E-state index contributed by atoms with van der Waals surface area (Å²) in [5.41, 5.74) is 4.76. The molecule has 0 unspecified atom stereocenters. The summed E-state index contributed by atoms with van der Waals surface area (Å²) in [5, 5.41) is 7.47. The van der Waals surface area contributed by atoms with E-state index in [1.54, 1.807) is 54.6 Å². The third-order valence-corrected chi connectivity index (χ3v) is 4.39. The number of carbonyl (C=O) groups excluding carboxylic acids is 1. The van der Waals surface area contributed by atoms with Crippen molar-refractivity contribution in [2.24, 2.45) is 5.10 Å². The zero-order chi connectivity index (χ0) is 20.2. The number of fused-ring (bicyclic) bond motifs is 1. The van der Waals surface area contributed by atoms with Crippen LogP contribution < -0.4 is 20.2 Å². The maximum absolute atomic E-state index is 13.4. The predicted octanol–water partition coefficient (Wildman–Crippen LogP) is 4.78. The van der Waals surface area contributed by atoms with Crippen LogP contribution in [0, 0.1) is 5.82 Å². The predicted molar refractivity (Wildman–Crippen MR) is 108 cm³/mol. The number of benzene rings is 3. The van der Waals surface area contributed by atoms with Gasteiger partial charge in [-0.1, -0.05) is 11.6 Å². The molecule has 146 valence electrons. The molecule has 0 bridgehead atoms. The fourth-order valence-corrected chi connectivity index (χ4v) is 2.87. The van der Waals surface area contributed by atoms with Gasteiger partial charge in [0.25, 0.3) is 0 Å². The first kappa shape index (κ1) is 18.8. The number of hydrogen-bond acceptors (Lipinski definition) is 4. The van der Waals surface area contributed by atoms with E-state index in [1.807, 2.05) is 0 Å². The van der Waals surface area contributed by atoms with Gasteiger partial charge in [0.05, 0.1) is 5.71 Å². The topological polar surface area (TPSA) is 72.0 Å². The van der Waals surface area contributed by atoms with E-state index in [0.29, 0.717) is 39.0 Å². The fraction of sp³-hybridized carbons (Fsp3) is 0.0476. The van der Waals surface area contributed by atoms with Crippen molar-refractivity contribution in [3.05, 3.63) is 88.7 Å². The Kier molecular flexibility index (Phi) is 5.31. The highest BCUT2D eigenvalue weighted by Crippen LogP contribution is 2.33. The Labute approximate surface area is 170 Å². The summed E-state index contributed by atoms with van der Waals surface area (Å²) >= 11 is 5.84. The van der Waals surface area contributed by atoms with Gasteiger partial charge in [0.2, 0.25) is 6.79 Å². The lowest BCUT2D eigenvalue weighted by Gasteiger charge is -2.10. The van der Waals surface area contributed by atoms with Gasteiger partial charge in [0.1, 0.15) is 5.82 Å². The molecule has 3 aromatic rings. The van der Waals surface area contributed by atoms with Crippen molar-refractivity contribution in [3.8, 4) is 11.5 Å². The molecule has 0 spiro atoms. The molecule has 8 heteroatoms. The van der Waals surface area contributed by atoms with E-state index in [1.165, 1.54) is 12.1 Å². The number of urea groups is 1. The van der Waals surface area contributed by atoms with Gasteiger partial charge in [-0.05, 0) is 66.7 Å². The second kappa shape index (κ2) is 8.20. The van der Waals surface area contributed by atoms with Crippen LogP contribution in [0.25, 0.3) is 0 Å². The minimum absolute atomic E-state index is 0.142. The summed E-state index contributed by atoms with van der Waals surface area (Å²) in [6.45, 7) is 0.142. The lowest BCUT2D eigenvalue weighted by Crippen LogP contribution is -2.26. The molecule has 1 aliphatic heterocycles. The van der Waals surface area contributed by atoms with E-state index in [9.17, 15) is 9.18 Å². The van der Waals surface area contributed by atoms with Crippen molar-refractivity contribution < 1.29 is 18.7 Å². The zero-order valence-corrected chi connectivity index (χ0v) is 15.7. The molecule has 29 heavy (non-hydrogen) atoms. The van der Waals surface area contributed by atoms with E-state index in [0.717, 1.165) is 0 Å². The molecule has 0 saturated heterocycles. The summed E-state index contributed by atoms with van der Waals surface area (Å²) in [6, 6.07) is 17.2. The van der Waals surface area contributed by atoms with Gasteiger partial charge >= 0.3 is 6.03 Å². The van der Waals surface area contributed by atoms with Crippen molar-refractivity contribution in [1.29, 1.82) is 0 Å². The SMILES string of the molecule is O=C(N/N=C(\c1ccc(F)cc1)c1ccc2c(c1)OCO2)Nc1ccc(Cl)cc1. The standard InChI is InChI=1S/C21H15ClFN3O3/c22-15-4-8-17(9-5-15)24-21(27)26-25-20(13-1-6-16(23)7-2-13)14-3-10-18-19(11-14)29-12-28-18/h1-11H,12H2,(H2,24,26,27)/b25-20+. The fourth-order valence-electron chi connectivity index (χ4n) is 2.75. The van der Waals surface area contributed by atoms with Crippen molar-refractivity contribution >= 4 is 29.0 Å². The molecule has 0 fully saturated rings. The highest BCUT2D eigenvalue weighted by atomic mass is 35.5. The van der Waals surface area contributed by atoms with E-state index < -0.39 is 6.03 Å². The van der Waals surface area contributed by atoms with Crippen molar-refractivity contribution in [2.75, 3.05) is 12.1 Å². The maximum Gasteiger partial charge on any atom is 0.339 e. The van der Waals surface area contributed by atoms with E-state index in [4.69, 9.17) is 21.1 Å². The second-order valence-corrected chi connectivity index (χ2v) is 6.54. The Morgan fingerprint density at radius 1 is 0.931 bits per heavy atom. The summed E-state index contributed by atoms with van der Waals surface area (Å²) in [7, 11) is 0. The number of anilines is 1. The number of halogens is 2. The molecular weight excluding hydrogens is 397 g/mol. The first-order valence-electron chi connectivity index (χ1n) is 8.65. The number of hydrazone groups is 1. The van der Waals surface area contributed by atoms with Crippen LogP contribution in [0.2, 0.25) is 5.02 Å². The van der Waals surface area contributed by atoms with Crippen LogP contribution in [0.1, 0.15) is 11.1 Å². The zero-order valence-electron chi connectivity index (χ0n) is 15.0. The van der Waals surface area contributed by atoms with Crippen molar-refractivity contribution in [1.82, 2.24) is 5.43 Å². The summed E-state index contributed by atoms with van der Waals surface area (Å²) < 4.78 is 24.1. The van der Waals surface area contributed by atoms with E-state index >= 15 is 0 Å². The molecule has 0 saturated carbocycles. The monoisotopic (exact) mass is 411 g/mol. The molecule has 4 rings (SSSR count). The molecule has 0 atom stereocenters. The molecule has 6 nitrogen and oxygen atoms in total. The van der Waals surface area contributed by atoms with Crippen LogP contribution in [-0.4, -0.2) is 18.5 Å². The number of hydrogen-bond donors (Lipinski definition) is 2. The molecule has 0 radical (unpaired) electrons. The minimum Gasteiger partial charge on any atom is -0.454 e. The van der Waals surface area contributed by atoms with Gasteiger partial charge in [0, 0.05) is 21.8 Å². The Bertz CT molecular complexity index is 1070. The maximum atomic E-state index is 13.4. The largest absolute Gasteiger partial charge is 0.454 e. The smallest absolute Gasteiger partial charge is 0.339 e. The van der Waals surface area contributed by atoms with Crippen LogP contribution in [0.4, 0.5) is 14.9 Å². The molecule has 1 aliphatic rings. The van der Waals surface area contributed by atoms with Gasteiger partial charge in [-0.25, -0.2) is 14.6 Å². The summed E-state index contributed by atoms with van der Waals surface area (Å²) in [4.78, 5) is 12.2. The Hall–Kier alpha value is -3.58. The summed E-state index contributed by atoms with van der Waals surface area (Å²) in [5.74, 6) is 0.829. The van der Waals surface area contributed by atoms with Crippen LogP contribution in [0.15, 0.2) is 71.8 Å². The highest BCUT2D eigenvalue weighted by Gasteiger charge is 2.17. The average molecular weight is 412 g/mol. The van der Waals surface area contributed by atoms with Gasteiger partial charge < -0.3 is 14.8 Å². The number of nitrogens with zero attached hydrogens (tertiary/aromatic N) is 1. The van der Waals surface area contributed by atoms with Crippen LogP contribution >= 0.6 is 11.6 Å². The number of ether oxygens (including phenoxy) is 2. The lowest BCUT2D eigenvalue weighted by molar-refractivity contribution is 0.174. The van der Waals surface area contributed by atoms with E-state index in [-0.39, 0.29) is 12.6 Å². The highest BCUT2D eigenvalue weighted by molar-refractivity contribution is 6.30. The van der Waals surface area contributed by atoms with Crippen molar-refractivity contribution in [2.45, 2.75) is 0 Å². The Morgan fingerprint density at radius 3 is 2.38 bits per heavy atom. The van der Waals surface area contributed by atoms with Crippen LogP contribution in [0.3, 0.4) is 0 Å². The molecule has 3 aromatic carbocycles. The van der Waals surface area contributed by atoms with Crippen LogP contribution in [0.5, 0.6) is 11.5 Å². The quantitative estimate of drug-likeness (QED) is 0.479. The molecular formula is C21H15ClFN3O3. The van der Waals surface area contributed by atoms with E-state index in [2.05, 4.69) is 15.8 Å². The van der Waals surface area contributed by atoms with Gasteiger partial charge in [-0.15, -0.1) is 0 Å². The third kappa shape index (κ3) is 4.47. The Balaban J connectivity index is 1.60. The van der Waals surface area contributed by atoms with Gasteiger partial charge in [-0.3, -0.25) is 0 Å². The van der Waals surface area contributed by atoms with Crippen molar-refractivity contribution in [3.63, 3.8) is 0 Å². The third-order valence-electron chi connectivity index (χ3n) is 4.14. The Morgan fingerprint density at radius 2 is 1.62 bits per heavy atom. The van der Waals surface area contributed by atoms with Gasteiger partial charge in [-0.2, -0.15) is 5.10 Å². The molecule has 0 aliphatic carbocycles. The summed E-state index contributed by atoms with van der Waals surface area (Å²) in [6.07, 6.45) is 0. The van der Waals surface area contributed by atoms with Crippen LogP contribution in [-0.2, 0) is 0 Å².